The maximum absolute atomic E-state index is 13.2. The van der Waals surface area contributed by atoms with Crippen LogP contribution in [-0.2, 0) is 16.4 Å². The van der Waals surface area contributed by atoms with Crippen LogP contribution in [0.1, 0.15) is 18.9 Å². The van der Waals surface area contributed by atoms with Crippen molar-refractivity contribution in [1.82, 2.24) is 9.80 Å². The Bertz CT molecular complexity index is 1120. The second-order valence-corrected chi connectivity index (χ2v) is 10.2. The molecule has 0 radical (unpaired) electrons. The molecule has 1 saturated heterocycles. The molecule has 0 aromatic heterocycles. The predicted molar refractivity (Wildman–Crippen MR) is 126 cm³/mol. The molecule has 2 heterocycles. The molecule has 2 amide bonds. The van der Waals surface area contributed by atoms with Crippen molar-refractivity contribution >= 4 is 22.3 Å². The third-order valence-electron chi connectivity index (χ3n) is 6.20. The first kappa shape index (κ1) is 22.3. The van der Waals surface area contributed by atoms with E-state index < -0.39 is 10.0 Å². The number of hydrogen-bond acceptors (Lipinski definition) is 4. The molecule has 2 bridgehead atoms. The quantitative estimate of drug-likeness (QED) is 0.664. The number of ether oxygens (including phenoxy) is 1. The van der Waals surface area contributed by atoms with Gasteiger partial charge in [-0.2, -0.15) is 4.40 Å². The van der Waals surface area contributed by atoms with Crippen molar-refractivity contribution in [3.05, 3.63) is 54.1 Å². The van der Waals surface area contributed by atoms with Crippen molar-refractivity contribution in [2.75, 3.05) is 32.5 Å². The summed E-state index contributed by atoms with van der Waals surface area (Å²) in [5.41, 5.74) is 3.15. The minimum absolute atomic E-state index is 0.0340. The van der Waals surface area contributed by atoms with Gasteiger partial charge in [0.1, 0.15) is 12.4 Å². The van der Waals surface area contributed by atoms with E-state index >= 15 is 0 Å². The zero-order valence-corrected chi connectivity index (χ0v) is 19.3. The van der Waals surface area contributed by atoms with E-state index in [1.54, 1.807) is 18.9 Å². The fraction of sp³-hybridized carbons (Fsp3) is 0.417. The Morgan fingerprint density at radius 3 is 2.78 bits per heavy atom. The van der Waals surface area contributed by atoms with E-state index in [1.807, 2.05) is 41.3 Å². The summed E-state index contributed by atoms with van der Waals surface area (Å²) in [6.07, 6.45) is 2.85. The summed E-state index contributed by atoms with van der Waals surface area (Å²) in [4.78, 5) is 16.8. The lowest BCUT2D eigenvalue weighted by atomic mass is 9.93. The molecule has 2 aliphatic rings. The van der Waals surface area contributed by atoms with Gasteiger partial charge in [0, 0.05) is 37.3 Å². The second-order valence-electron chi connectivity index (χ2n) is 8.29. The summed E-state index contributed by atoms with van der Waals surface area (Å²) in [6.45, 7) is 2.99. The summed E-state index contributed by atoms with van der Waals surface area (Å²) in [5, 5.41) is 0. The van der Waals surface area contributed by atoms with Gasteiger partial charge in [-0.15, -0.1) is 0 Å². The summed E-state index contributed by atoms with van der Waals surface area (Å²) in [6, 6.07) is 15.9. The Hall–Kier alpha value is -2.87. The standard InChI is InChI=1S/C24H29N3O4S/c1-3-32(29,30)25-17-20-11-12-27-22(20)16-18-7-6-8-19(15-18)21-9-4-5-10-23(21)31-14-13-26(2)24(27)28/h4-10,15,17,20,22H,3,11-14,16H2,1-2H3/b25-17+/t20?,22-/m0/s1. The number of amides is 2. The van der Waals surface area contributed by atoms with Gasteiger partial charge in [0.15, 0.2) is 0 Å². The lowest BCUT2D eigenvalue weighted by Gasteiger charge is -2.31. The molecular formula is C24H29N3O4S. The lowest BCUT2D eigenvalue weighted by molar-refractivity contribution is 0.147. The molecule has 0 spiro atoms. The Labute approximate surface area is 189 Å². The molecule has 8 heteroatoms. The van der Waals surface area contributed by atoms with Crippen LogP contribution in [0.3, 0.4) is 0 Å². The van der Waals surface area contributed by atoms with Crippen molar-refractivity contribution < 1.29 is 17.9 Å². The summed E-state index contributed by atoms with van der Waals surface area (Å²) in [5.74, 6) is 0.638. The van der Waals surface area contributed by atoms with Crippen LogP contribution in [0.25, 0.3) is 11.1 Å². The largest absolute Gasteiger partial charge is 0.491 e. The fourth-order valence-corrected chi connectivity index (χ4v) is 4.83. The zero-order valence-electron chi connectivity index (χ0n) is 18.5. The van der Waals surface area contributed by atoms with Gasteiger partial charge in [-0.25, -0.2) is 13.2 Å². The van der Waals surface area contributed by atoms with Crippen LogP contribution in [0.2, 0.25) is 0 Å². The van der Waals surface area contributed by atoms with Crippen molar-refractivity contribution in [2.45, 2.75) is 25.8 Å². The average Bonchev–Trinajstić information content (AvgIpc) is 3.19. The predicted octanol–water partition coefficient (Wildman–Crippen LogP) is 3.45. The van der Waals surface area contributed by atoms with E-state index in [1.165, 1.54) is 6.21 Å². The molecule has 0 aliphatic carbocycles. The van der Waals surface area contributed by atoms with Gasteiger partial charge in [-0.1, -0.05) is 42.5 Å². The Morgan fingerprint density at radius 1 is 1.16 bits per heavy atom. The Morgan fingerprint density at radius 2 is 1.97 bits per heavy atom. The Balaban J connectivity index is 1.73. The number of urea groups is 1. The van der Waals surface area contributed by atoms with Crippen molar-refractivity contribution in [3.8, 4) is 16.9 Å². The normalized spacial score (nSPS) is 21.9. The van der Waals surface area contributed by atoms with Crippen LogP contribution in [0.5, 0.6) is 5.75 Å². The van der Waals surface area contributed by atoms with Crippen LogP contribution in [0.15, 0.2) is 52.9 Å². The third kappa shape index (κ3) is 4.80. The molecule has 1 fully saturated rings. The number of nitrogens with zero attached hydrogens (tertiary/aromatic N) is 3. The number of para-hydroxylation sites is 1. The van der Waals surface area contributed by atoms with Crippen LogP contribution in [0.4, 0.5) is 4.79 Å². The van der Waals surface area contributed by atoms with Crippen LogP contribution < -0.4 is 4.74 Å². The number of fused-ring (bicyclic) bond motifs is 5. The first-order valence-electron chi connectivity index (χ1n) is 11.0. The van der Waals surface area contributed by atoms with E-state index in [9.17, 15) is 13.2 Å². The minimum Gasteiger partial charge on any atom is -0.491 e. The SMILES string of the molecule is CCS(=O)(=O)/N=C/C1CCN2C(=O)N(C)CCOc3ccccc3-c3cccc(c3)C[C@@H]12. The first-order chi connectivity index (χ1) is 15.4. The molecule has 1 unspecified atom stereocenters. The molecule has 2 atom stereocenters. The van der Waals surface area contributed by atoms with Gasteiger partial charge in [0.25, 0.3) is 10.0 Å². The molecule has 7 nitrogen and oxygen atoms in total. The highest BCUT2D eigenvalue weighted by molar-refractivity contribution is 7.90. The van der Waals surface area contributed by atoms with E-state index in [-0.39, 0.29) is 23.7 Å². The molecule has 170 valence electrons. The molecule has 4 rings (SSSR count). The molecule has 0 saturated carbocycles. The number of benzene rings is 2. The average molecular weight is 456 g/mol. The molecule has 2 aromatic carbocycles. The van der Waals surface area contributed by atoms with Gasteiger partial charge < -0.3 is 14.5 Å². The summed E-state index contributed by atoms with van der Waals surface area (Å²) < 4.78 is 33.8. The zero-order chi connectivity index (χ0) is 22.7. The highest BCUT2D eigenvalue weighted by atomic mass is 32.2. The third-order valence-corrected chi connectivity index (χ3v) is 7.37. The van der Waals surface area contributed by atoms with E-state index in [2.05, 4.69) is 16.5 Å². The van der Waals surface area contributed by atoms with Crippen molar-refractivity contribution in [1.29, 1.82) is 0 Å². The molecule has 2 aromatic rings. The summed E-state index contributed by atoms with van der Waals surface area (Å²) >= 11 is 0. The number of carbonyl (C=O) groups is 1. The van der Waals surface area contributed by atoms with E-state index in [0.29, 0.717) is 32.5 Å². The van der Waals surface area contributed by atoms with Gasteiger partial charge in [-0.05, 0) is 37.0 Å². The minimum atomic E-state index is -3.46. The first-order valence-corrected chi connectivity index (χ1v) is 12.6. The number of sulfonamides is 1. The molecular weight excluding hydrogens is 426 g/mol. The highest BCUT2D eigenvalue weighted by Gasteiger charge is 2.37. The maximum atomic E-state index is 13.2. The van der Waals surface area contributed by atoms with Crippen LogP contribution in [-0.4, -0.2) is 69.0 Å². The fourth-order valence-electron chi connectivity index (χ4n) is 4.34. The molecule has 32 heavy (non-hydrogen) atoms. The smallest absolute Gasteiger partial charge is 0.320 e. The number of rotatable bonds is 3. The number of likely N-dealkylation sites (N-methyl/N-ethyl adjacent to an activating group) is 1. The summed E-state index contributed by atoms with van der Waals surface area (Å²) in [7, 11) is -1.69. The molecule has 0 N–H and O–H groups in total. The highest BCUT2D eigenvalue weighted by Crippen LogP contribution is 2.33. The topological polar surface area (TPSA) is 79.3 Å². The Kier molecular flexibility index (Phi) is 6.50. The van der Waals surface area contributed by atoms with Crippen molar-refractivity contribution in [2.24, 2.45) is 10.3 Å². The monoisotopic (exact) mass is 455 g/mol. The number of hydrogen-bond donors (Lipinski definition) is 0. The number of carbonyl (C=O) groups excluding carboxylic acids is 1. The molecule has 2 aliphatic heterocycles. The second kappa shape index (κ2) is 9.32. The van der Waals surface area contributed by atoms with Gasteiger partial charge in [-0.3, -0.25) is 0 Å². The van der Waals surface area contributed by atoms with Crippen molar-refractivity contribution in [3.63, 3.8) is 0 Å². The maximum Gasteiger partial charge on any atom is 0.320 e. The van der Waals surface area contributed by atoms with Gasteiger partial charge in [0.05, 0.1) is 12.3 Å². The van der Waals surface area contributed by atoms with Crippen LogP contribution in [0, 0.1) is 5.92 Å². The van der Waals surface area contributed by atoms with Crippen LogP contribution >= 0.6 is 0 Å². The van der Waals surface area contributed by atoms with Gasteiger partial charge >= 0.3 is 6.03 Å². The van der Waals surface area contributed by atoms with Gasteiger partial charge in [0.2, 0.25) is 0 Å². The lowest BCUT2D eigenvalue weighted by Crippen LogP contribution is -2.47. The van der Waals surface area contributed by atoms with E-state index in [0.717, 1.165) is 22.4 Å². The van der Waals surface area contributed by atoms with E-state index in [4.69, 9.17) is 4.74 Å².